The fraction of sp³-hybridized carbons (Fsp3) is 0.500. The summed E-state index contributed by atoms with van der Waals surface area (Å²) in [5, 5.41) is 9.50. The number of carboxylic acid groups (broad SMARTS) is 1. The van der Waals surface area contributed by atoms with E-state index in [0.717, 1.165) is 18.8 Å². The smallest absolute Gasteiger partial charge is 0.341 e. The molecule has 0 aromatic heterocycles. The third-order valence-electron chi connectivity index (χ3n) is 3.34. The first-order valence-corrected chi connectivity index (χ1v) is 6.22. The van der Waals surface area contributed by atoms with Crippen LogP contribution in [-0.2, 0) is 4.79 Å². The molecule has 0 spiro atoms. The van der Waals surface area contributed by atoms with E-state index in [4.69, 9.17) is 0 Å². The van der Waals surface area contributed by atoms with E-state index in [0.29, 0.717) is 0 Å². The average Bonchev–Trinajstić information content (AvgIpc) is 2.74. The van der Waals surface area contributed by atoms with Crippen molar-refractivity contribution in [3.8, 4) is 0 Å². The second-order valence-corrected chi connectivity index (χ2v) is 5.61. The summed E-state index contributed by atoms with van der Waals surface area (Å²) < 4.78 is 0. The minimum Gasteiger partial charge on any atom is -0.479 e. The van der Waals surface area contributed by atoms with Crippen LogP contribution in [-0.4, -0.2) is 40.8 Å². The normalized spacial score (nSPS) is 21.3. The van der Waals surface area contributed by atoms with E-state index in [9.17, 15) is 9.90 Å². The van der Waals surface area contributed by atoms with Crippen molar-refractivity contribution in [2.75, 3.05) is 18.0 Å². The van der Waals surface area contributed by atoms with E-state index >= 15 is 0 Å². The Morgan fingerprint density at radius 1 is 1.22 bits per heavy atom. The lowest BCUT2D eigenvalue weighted by Crippen LogP contribution is -2.52. The van der Waals surface area contributed by atoms with Gasteiger partial charge in [-0.15, -0.1) is 0 Å². The van der Waals surface area contributed by atoms with Gasteiger partial charge in [0.25, 0.3) is 0 Å². The van der Waals surface area contributed by atoms with Crippen LogP contribution in [0.4, 0.5) is 5.69 Å². The molecule has 1 aromatic carbocycles. The number of carboxylic acids is 1. The Labute approximate surface area is 108 Å². The number of hydrogen-bond acceptors (Lipinski definition) is 3. The molecule has 98 valence electrons. The maximum Gasteiger partial charge on any atom is 0.341 e. The highest BCUT2D eigenvalue weighted by atomic mass is 16.4. The number of hydrogen-bond donors (Lipinski definition) is 1. The van der Waals surface area contributed by atoms with Gasteiger partial charge in [-0.2, -0.15) is 0 Å². The number of para-hydroxylation sites is 1. The minimum absolute atomic E-state index is 0.146. The average molecular weight is 248 g/mol. The van der Waals surface area contributed by atoms with E-state index in [1.165, 1.54) is 0 Å². The molecule has 1 aliphatic heterocycles. The number of rotatable bonds is 2. The van der Waals surface area contributed by atoms with Gasteiger partial charge in [-0.1, -0.05) is 18.2 Å². The molecule has 2 rings (SSSR count). The predicted octanol–water partition coefficient (Wildman–Crippen LogP) is 2.02. The van der Waals surface area contributed by atoms with Crippen LogP contribution in [0.3, 0.4) is 0 Å². The molecule has 1 N–H and O–H groups in total. The Balaban J connectivity index is 2.31. The number of benzene rings is 1. The van der Waals surface area contributed by atoms with Crippen LogP contribution in [0.15, 0.2) is 30.3 Å². The van der Waals surface area contributed by atoms with Crippen LogP contribution < -0.4 is 4.90 Å². The number of nitrogens with zero attached hydrogens (tertiary/aromatic N) is 2. The molecule has 1 heterocycles. The summed E-state index contributed by atoms with van der Waals surface area (Å²) in [7, 11) is 0. The van der Waals surface area contributed by atoms with Crippen LogP contribution in [0.1, 0.15) is 20.8 Å². The molecule has 1 unspecified atom stereocenters. The second-order valence-electron chi connectivity index (χ2n) is 5.61. The summed E-state index contributed by atoms with van der Waals surface area (Å²) >= 11 is 0. The van der Waals surface area contributed by atoms with Gasteiger partial charge >= 0.3 is 5.97 Å². The van der Waals surface area contributed by atoms with Crippen LogP contribution in [0, 0.1) is 0 Å². The fourth-order valence-corrected chi connectivity index (χ4v) is 2.49. The van der Waals surface area contributed by atoms with Gasteiger partial charge in [0.05, 0.1) is 0 Å². The zero-order chi connectivity index (χ0) is 13.3. The molecule has 0 amide bonds. The molecule has 1 atom stereocenters. The maximum absolute atomic E-state index is 11.6. The van der Waals surface area contributed by atoms with E-state index in [-0.39, 0.29) is 5.54 Å². The standard InChI is InChI=1S/C14H20N2O2/c1-14(2,3)16-10-9-15(12(16)13(17)18)11-7-5-4-6-8-11/h4-8,12H,9-10H2,1-3H3,(H,17,18). The van der Waals surface area contributed by atoms with Crippen molar-refractivity contribution in [1.29, 1.82) is 0 Å². The first-order chi connectivity index (χ1) is 8.41. The first-order valence-electron chi connectivity index (χ1n) is 6.22. The Bertz CT molecular complexity index is 425. The molecular formula is C14H20N2O2. The summed E-state index contributed by atoms with van der Waals surface area (Å²) in [5.41, 5.74) is 0.823. The van der Waals surface area contributed by atoms with Gasteiger partial charge in [-0.25, -0.2) is 4.79 Å². The Hall–Kier alpha value is -1.55. The van der Waals surface area contributed by atoms with Crippen LogP contribution in [0.5, 0.6) is 0 Å². The summed E-state index contributed by atoms with van der Waals surface area (Å²) in [6.45, 7) is 7.68. The molecule has 0 saturated carbocycles. The molecule has 1 aromatic rings. The summed E-state index contributed by atoms with van der Waals surface area (Å²) in [5.74, 6) is -0.786. The molecular weight excluding hydrogens is 228 g/mol. The van der Waals surface area contributed by atoms with E-state index in [1.54, 1.807) is 0 Å². The van der Waals surface area contributed by atoms with Gasteiger partial charge < -0.3 is 10.0 Å². The van der Waals surface area contributed by atoms with Crippen LogP contribution >= 0.6 is 0 Å². The molecule has 1 saturated heterocycles. The zero-order valence-electron chi connectivity index (χ0n) is 11.1. The summed E-state index contributed by atoms with van der Waals surface area (Å²) in [6, 6.07) is 9.74. The third-order valence-corrected chi connectivity index (χ3v) is 3.34. The van der Waals surface area contributed by atoms with Crippen molar-refractivity contribution in [3.63, 3.8) is 0 Å². The second kappa shape index (κ2) is 4.61. The maximum atomic E-state index is 11.6. The number of carbonyl (C=O) groups is 1. The highest BCUT2D eigenvalue weighted by molar-refractivity contribution is 5.78. The van der Waals surface area contributed by atoms with Gasteiger partial charge in [0, 0.05) is 24.3 Å². The highest BCUT2D eigenvalue weighted by Crippen LogP contribution is 2.28. The third kappa shape index (κ3) is 2.34. The minimum atomic E-state index is -0.786. The van der Waals surface area contributed by atoms with Crippen LogP contribution in [0.25, 0.3) is 0 Å². The lowest BCUT2D eigenvalue weighted by molar-refractivity contribution is -0.143. The molecule has 0 aliphatic carbocycles. The van der Waals surface area contributed by atoms with Crippen molar-refractivity contribution >= 4 is 11.7 Å². The number of aliphatic carboxylic acids is 1. The van der Waals surface area contributed by atoms with Gasteiger partial charge in [0.15, 0.2) is 6.17 Å². The lowest BCUT2D eigenvalue weighted by atomic mass is 10.1. The van der Waals surface area contributed by atoms with Gasteiger partial charge in [-0.3, -0.25) is 4.90 Å². The van der Waals surface area contributed by atoms with Gasteiger partial charge in [-0.05, 0) is 32.9 Å². The highest BCUT2D eigenvalue weighted by Gasteiger charge is 2.42. The largest absolute Gasteiger partial charge is 0.479 e. The zero-order valence-corrected chi connectivity index (χ0v) is 11.1. The molecule has 1 fully saturated rings. The van der Waals surface area contributed by atoms with Crippen molar-refractivity contribution < 1.29 is 9.90 Å². The van der Waals surface area contributed by atoms with Crippen LogP contribution in [0.2, 0.25) is 0 Å². The monoisotopic (exact) mass is 248 g/mol. The molecule has 4 nitrogen and oxygen atoms in total. The lowest BCUT2D eigenvalue weighted by Gasteiger charge is -2.36. The molecule has 1 aliphatic rings. The van der Waals surface area contributed by atoms with E-state index in [2.05, 4.69) is 20.8 Å². The molecule has 18 heavy (non-hydrogen) atoms. The van der Waals surface area contributed by atoms with Crippen molar-refractivity contribution in [3.05, 3.63) is 30.3 Å². The summed E-state index contributed by atoms with van der Waals surface area (Å²) in [6.07, 6.45) is -0.576. The van der Waals surface area contributed by atoms with Gasteiger partial charge in [0.2, 0.25) is 0 Å². The quantitative estimate of drug-likeness (QED) is 0.869. The number of anilines is 1. The molecule has 0 bridgehead atoms. The Kier molecular flexibility index (Phi) is 3.30. The fourth-order valence-electron chi connectivity index (χ4n) is 2.49. The Morgan fingerprint density at radius 2 is 1.83 bits per heavy atom. The van der Waals surface area contributed by atoms with E-state index < -0.39 is 12.1 Å². The van der Waals surface area contributed by atoms with Crippen molar-refractivity contribution in [2.45, 2.75) is 32.5 Å². The molecule has 4 heteroatoms. The Morgan fingerprint density at radius 3 is 2.33 bits per heavy atom. The van der Waals surface area contributed by atoms with Crippen molar-refractivity contribution in [1.82, 2.24) is 4.90 Å². The van der Waals surface area contributed by atoms with E-state index in [1.807, 2.05) is 40.1 Å². The topological polar surface area (TPSA) is 43.8 Å². The summed E-state index contributed by atoms with van der Waals surface area (Å²) in [4.78, 5) is 15.5. The van der Waals surface area contributed by atoms with Gasteiger partial charge in [0.1, 0.15) is 0 Å². The SMILES string of the molecule is CC(C)(C)N1CCN(c2ccccc2)C1C(=O)O. The molecule has 0 radical (unpaired) electrons. The predicted molar refractivity (Wildman–Crippen MR) is 71.7 cm³/mol. The van der Waals surface area contributed by atoms with Crippen molar-refractivity contribution in [2.24, 2.45) is 0 Å². The first kappa shape index (κ1) is 12.9.